The highest BCUT2D eigenvalue weighted by atomic mass is 16.2. The van der Waals surface area contributed by atoms with Crippen molar-refractivity contribution in [3.63, 3.8) is 0 Å². The lowest BCUT2D eigenvalue weighted by atomic mass is 9.95. The van der Waals surface area contributed by atoms with E-state index in [-0.39, 0.29) is 23.9 Å². The molecule has 0 spiro atoms. The van der Waals surface area contributed by atoms with Crippen molar-refractivity contribution in [3.05, 3.63) is 23.8 Å². The van der Waals surface area contributed by atoms with Crippen LogP contribution in [-0.2, 0) is 9.59 Å². The summed E-state index contributed by atoms with van der Waals surface area (Å²) in [6.45, 7) is 9.88. The number of carbonyl (C=O) groups is 2. The summed E-state index contributed by atoms with van der Waals surface area (Å²) in [6.07, 6.45) is 3.11. The molecule has 5 heteroatoms. The third-order valence-corrected chi connectivity index (χ3v) is 4.14. The van der Waals surface area contributed by atoms with Gasteiger partial charge in [-0.3, -0.25) is 9.59 Å². The van der Waals surface area contributed by atoms with Crippen LogP contribution in [0, 0.1) is 5.92 Å². The molecule has 2 amide bonds. The molecule has 0 saturated carbocycles. The van der Waals surface area contributed by atoms with Crippen molar-refractivity contribution >= 4 is 11.8 Å². The van der Waals surface area contributed by atoms with Gasteiger partial charge in [-0.15, -0.1) is 6.58 Å². The summed E-state index contributed by atoms with van der Waals surface area (Å²) in [7, 11) is 0. The Kier molecular flexibility index (Phi) is 5.51. The zero-order chi connectivity index (χ0) is 15.4. The van der Waals surface area contributed by atoms with E-state index >= 15 is 0 Å². The maximum absolute atomic E-state index is 12.2. The fourth-order valence-electron chi connectivity index (χ4n) is 2.72. The molecule has 1 aliphatic rings. The highest BCUT2D eigenvalue weighted by molar-refractivity contribution is 5.95. The first-order valence-electron chi connectivity index (χ1n) is 7.04. The van der Waals surface area contributed by atoms with Gasteiger partial charge in [0.2, 0.25) is 11.8 Å². The van der Waals surface area contributed by atoms with Crippen LogP contribution in [0.4, 0.5) is 0 Å². The average molecular weight is 279 g/mol. The molecule has 1 heterocycles. The number of nitrogens with two attached hydrogens (primary N) is 2. The standard InChI is InChI=1S/C15H25N3O2/c1-5-11-7-8-18(15(11)20)10(4)13(14(17)19)9(3)12(16)6-2/h5,10-12H,1,6-8,16H2,2-4H3,(H2,17,19)/b13-9-. The first kappa shape index (κ1) is 16.4. The van der Waals surface area contributed by atoms with Crippen molar-refractivity contribution in [2.24, 2.45) is 17.4 Å². The molecule has 3 unspecified atom stereocenters. The molecular formula is C15H25N3O2. The van der Waals surface area contributed by atoms with E-state index in [1.807, 2.05) is 20.8 Å². The molecule has 0 aliphatic carbocycles. The molecule has 3 atom stereocenters. The molecule has 20 heavy (non-hydrogen) atoms. The van der Waals surface area contributed by atoms with Crippen LogP contribution in [0.3, 0.4) is 0 Å². The van der Waals surface area contributed by atoms with Gasteiger partial charge < -0.3 is 16.4 Å². The van der Waals surface area contributed by atoms with Crippen molar-refractivity contribution in [2.45, 2.75) is 45.7 Å². The minimum atomic E-state index is -0.506. The summed E-state index contributed by atoms with van der Waals surface area (Å²) in [5.74, 6) is -0.662. The van der Waals surface area contributed by atoms with E-state index in [2.05, 4.69) is 6.58 Å². The SMILES string of the molecule is C=CC1CCN(C(C)/C(C(N)=O)=C(\C)C(N)CC)C1=O. The van der Waals surface area contributed by atoms with E-state index in [1.54, 1.807) is 11.0 Å². The molecule has 5 nitrogen and oxygen atoms in total. The van der Waals surface area contributed by atoms with Crippen LogP contribution in [0.25, 0.3) is 0 Å². The Morgan fingerprint density at radius 3 is 2.60 bits per heavy atom. The molecule has 0 radical (unpaired) electrons. The van der Waals surface area contributed by atoms with Crippen molar-refractivity contribution in [3.8, 4) is 0 Å². The molecule has 1 aliphatic heterocycles. The van der Waals surface area contributed by atoms with Crippen LogP contribution in [-0.4, -0.2) is 35.3 Å². The van der Waals surface area contributed by atoms with Gasteiger partial charge in [0.05, 0.1) is 12.0 Å². The minimum Gasteiger partial charge on any atom is -0.366 e. The topological polar surface area (TPSA) is 89.4 Å². The van der Waals surface area contributed by atoms with Gasteiger partial charge in [-0.2, -0.15) is 0 Å². The van der Waals surface area contributed by atoms with E-state index in [0.29, 0.717) is 12.1 Å². The Bertz CT molecular complexity index is 442. The zero-order valence-electron chi connectivity index (χ0n) is 12.6. The van der Waals surface area contributed by atoms with E-state index in [4.69, 9.17) is 11.5 Å². The fraction of sp³-hybridized carbons (Fsp3) is 0.600. The molecule has 1 fully saturated rings. The van der Waals surface area contributed by atoms with Crippen molar-refractivity contribution in [1.82, 2.24) is 4.90 Å². The number of carbonyl (C=O) groups excluding carboxylic acids is 2. The lowest BCUT2D eigenvalue weighted by molar-refractivity contribution is -0.131. The summed E-state index contributed by atoms with van der Waals surface area (Å²) in [6, 6.07) is -0.560. The Balaban J connectivity index is 3.08. The van der Waals surface area contributed by atoms with Crippen LogP contribution in [0.1, 0.15) is 33.6 Å². The minimum absolute atomic E-state index is 0.00381. The Hall–Kier alpha value is -1.62. The molecular weight excluding hydrogens is 254 g/mol. The van der Waals surface area contributed by atoms with Crippen LogP contribution in [0.15, 0.2) is 23.8 Å². The summed E-state index contributed by atoms with van der Waals surface area (Å²) in [4.78, 5) is 25.7. The summed E-state index contributed by atoms with van der Waals surface area (Å²) >= 11 is 0. The van der Waals surface area contributed by atoms with Crippen LogP contribution >= 0.6 is 0 Å². The van der Waals surface area contributed by atoms with E-state index in [9.17, 15) is 9.59 Å². The van der Waals surface area contributed by atoms with Crippen molar-refractivity contribution in [1.29, 1.82) is 0 Å². The van der Waals surface area contributed by atoms with Gasteiger partial charge in [-0.1, -0.05) is 13.0 Å². The molecule has 0 aromatic carbocycles. The molecule has 112 valence electrons. The number of hydrogen-bond acceptors (Lipinski definition) is 3. The summed E-state index contributed by atoms with van der Waals surface area (Å²) in [5.41, 5.74) is 12.7. The lowest BCUT2D eigenvalue weighted by Gasteiger charge is -2.28. The fourth-order valence-corrected chi connectivity index (χ4v) is 2.72. The molecule has 4 N–H and O–H groups in total. The van der Waals surface area contributed by atoms with Gasteiger partial charge in [0.1, 0.15) is 0 Å². The number of primary amides is 1. The number of hydrogen-bond donors (Lipinski definition) is 2. The lowest BCUT2D eigenvalue weighted by Crippen LogP contribution is -2.42. The highest BCUT2D eigenvalue weighted by Crippen LogP contribution is 2.26. The van der Waals surface area contributed by atoms with Gasteiger partial charge in [0, 0.05) is 18.2 Å². The number of rotatable bonds is 6. The molecule has 1 saturated heterocycles. The van der Waals surface area contributed by atoms with Crippen molar-refractivity contribution in [2.75, 3.05) is 6.54 Å². The van der Waals surface area contributed by atoms with Gasteiger partial charge in [0.25, 0.3) is 0 Å². The molecule has 1 rings (SSSR count). The Morgan fingerprint density at radius 2 is 2.20 bits per heavy atom. The first-order chi connectivity index (χ1) is 9.34. The van der Waals surface area contributed by atoms with E-state index < -0.39 is 5.91 Å². The summed E-state index contributed by atoms with van der Waals surface area (Å²) < 4.78 is 0. The van der Waals surface area contributed by atoms with Crippen LogP contribution < -0.4 is 11.5 Å². The summed E-state index contributed by atoms with van der Waals surface area (Å²) in [5, 5.41) is 0. The Labute approximate surface area is 120 Å². The predicted molar refractivity (Wildman–Crippen MR) is 79.6 cm³/mol. The normalized spacial score (nSPS) is 23.3. The maximum atomic E-state index is 12.2. The largest absolute Gasteiger partial charge is 0.366 e. The molecule has 0 aromatic heterocycles. The van der Waals surface area contributed by atoms with Gasteiger partial charge in [0.15, 0.2) is 0 Å². The number of amides is 2. The van der Waals surface area contributed by atoms with E-state index in [1.165, 1.54) is 0 Å². The van der Waals surface area contributed by atoms with Crippen LogP contribution in [0.2, 0.25) is 0 Å². The number of nitrogens with zero attached hydrogens (tertiary/aromatic N) is 1. The second-order valence-electron chi connectivity index (χ2n) is 5.31. The Morgan fingerprint density at radius 1 is 1.60 bits per heavy atom. The quantitative estimate of drug-likeness (QED) is 0.560. The monoisotopic (exact) mass is 279 g/mol. The molecule has 0 aromatic rings. The number of likely N-dealkylation sites (tertiary alicyclic amines) is 1. The van der Waals surface area contributed by atoms with Gasteiger partial charge >= 0.3 is 0 Å². The third-order valence-electron chi connectivity index (χ3n) is 4.14. The second kappa shape index (κ2) is 6.70. The second-order valence-corrected chi connectivity index (χ2v) is 5.31. The zero-order valence-corrected chi connectivity index (χ0v) is 12.6. The van der Waals surface area contributed by atoms with E-state index in [0.717, 1.165) is 18.4 Å². The molecule has 0 bridgehead atoms. The third kappa shape index (κ3) is 3.10. The first-order valence-corrected chi connectivity index (χ1v) is 7.04. The van der Waals surface area contributed by atoms with Crippen molar-refractivity contribution < 1.29 is 9.59 Å². The van der Waals surface area contributed by atoms with Crippen LogP contribution in [0.5, 0.6) is 0 Å². The maximum Gasteiger partial charge on any atom is 0.246 e. The average Bonchev–Trinajstić information content (AvgIpc) is 2.78. The van der Waals surface area contributed by atoms with Gasteiger partial charge in [-0.05, 0) is 32.3 Å². The smallest absolute Gasteiger partial charge is 0.246 e. The predicted octanol–water partition coefficient (Wildman–Crippen LogP) is 0.948. The highest BCUT2D eigenvalue weighted by Gasteiger charge is 2.35. The van der Waals surface area contributed by atoms with Gasteiger partial charge in [-0.25, -0.2) is 0 Å².